The highest BCUT2D eigenvalue weighted by atomic mass is 19.1. The van der Waals surface area contributed by atoms with Crippen molar-refractivity contribution in [1.82, 2.24) is 10.2 Å². The Bertz CT molecular complexity index is 791. The Balaban J connectivity index is 2.22. The number of hydrogen-bond acceptors (Lipinski definition) is 2. The molecular formula is C15H10F3N3. The Morgan fingerprint density at radius 1 is 0.857 bits per heavy atom. The van der Waals surface area contributed by atoms with E-state index in [9.17, 15) is 13.2 Å². The van der Waals surface area contributed by atoms with Crippen LogP contribution >= 0.6 is 0 Å². The van der Waals surface area contributed by atoms with Gasteiger partial charge >= 0.3 is 0 Å². The number of nitrogens with two attached hydrogens (primary N) is 1. The van der Waals surface area contributed by atoms with E-state index in [-0.39, 0.29) is 11.4 Å². The fraction of sp³-hybridized carbons (Fsp3) is 0. The van der Waals surface area contributed by atoms with Crippen molar-refractivity contribution in [2.75, 3.05) is 5.73 Å². The zero-order chi connectivity index (χ0) is 15.0. The molecule has 0 spiro atoms. The van der Waals surface area contributed by atoms with Crippen LogP contribution in [0.15, 0.2) is 42.5 Å². The monoisotopic (exact) mass is 289 g/mol. The van der Waals surface area contributed by atoms with Crippen LogP contribution < -0.4 is 5.73 Å². The van der Waals surface area contributed by atoms with E-state index in [1.165, 1.54) is 18.2 Å². The molecule has 0 atom stereocenters. The third kappa shape index (κ3) is 2.47. The number of H-pyrrole nitrogens is 1. The Hall–Kier alpha value is -2.76. The second kappa shape index (κ2) is 4.97. The molecule has 0 radical (unpaired) electrons. The summed E-state index contributed by atoms with van der Waals surface area (Å²) in [4.78, 5) is 0. The Kier molecular flexibility index (Phi) is 3.13. The van der Waals surface area contributed by atoms with Crippen LogP contribution in [0.25, 0.3) is 22.4 Å². The quantitative estimate of drug-likeness (QED) is 0.755. The zero-order valence-electron chi connectivity index (χ0n) is 10.7. The summed E-state index contributed by atoms with van der Waals surface area (Å²) in [7, 11) is 0. The number of nitrogens with one attached hydrogen (secondary N) is 1. The van der Waals surface area contributed by atoms with Crippen LogP contribution in [-0.4, -0.2) is 10.2 Å². The van der Waals surface area contributed by atoms with Crippen molar-refractivity contribution in [3.8, 4) is 22.4 Å². The first kappa shape index (κ1) is 13.2. The van der Waals surface area contributed by atoms with E-state index in [4.69, 9.17) is 5.73 Å². The van der Waals surface area contributed by atoms with Gasteiger partial charge in [0.1, 0.15) is 17.5 Å². The highest BCUT2D eigenvalue weighted by molar-refractivity contribution is 5.87. The number of benzene rings is 2. The Morgan fingerprint density at radius 3 is 2.19 bits per heavy atom. The molecule has 6 heteroatoms. The molecule has 3 aromatic rings. The summed E-state index contributed by atoms with van der Waals surface area (Å²) < 4.78 is 40.1. The summed E-state index contributed by atoms with van der Waals surface area (Å²) >= 11 is 0. The number of hydrogen-bond donors (Lipinski definition) is 2. The van der Waals surface area contributed by atoms with E-state index >= 15 is 0 Å². The lowest BCUT2D eigenvalue weighted by atomic mass is 10.0. The number of halogens is 3. The molecule has 3 nitrogen and oxygen atoms in total. The zero-order valence-corrected chi connectivity index (χ0v) is 10.7. The van der Waals surface area contributed by atoms with Gasteiger partial charge in [0.25, 0.3) is 0 Å². The van der Waals surface area contributed by atoms with Gasteiger partial charge in [-0.2, -0.15) is 5.10 Å². The Morgan fingerprint density at radius 2 is 1.52 bits per heavy atom. The SMILES string of the molecule is Nc1n[nH]c(-c2cccc(F)c2)c1-c1cc(F)cc(F)c1. The molecule has 0 saturated heterocycles. The van der Waals surface area contributed by atoms with Gasteiger partial charge in [-0.1, -0.05) is 12.1 Å². The summed E-state index contributed by atoms with van der Waals surface area (Å²) in [6, 6.07) is 8.81. The number of anilines is 1. The van der Waals surface area contributed by atoms with Gasteiger partial charge < -0.3 is 5.73 Å². The maximum absolute atomic E-state index is 13.4. The average molecular weight is 289 g/mol. The standard InChI is InChI=1S/C15H10F3N3/c16-10-3-1-2-8(4-10)14-13(15(19)21-20-14)9-5-11(17)7-12(18)6-9/h1-7H,(H3,19,20,21). The minimum Gasteiger partial charge on any atom is -0.382 e. The number of aromatic amines is 1. The molecule has 0 aliphatic carbocycles. The Labute approximate surface area is 118 Å². The lowest BCUT2D eigenvalue weighted by Crippen LogP contribution is -1.91. The maximum Gasteiger partial charge on any atom is 0.153 e. The average Bonchev–Trinajstić information content (AvgIpc) is 2.79. The summed E-state index contributed by atoms with van der Waals surface area (Å²) in [5.74, 6) is -1.80. The predicted molar refractivity (Wildman–Crippen MR) is 73.7 cm³/mol. The van der Waals surface area contributed by atoms with Crippen LogP contribution in [0.4, 0.5) is 19.0 Å². The molecule has 21 heavy (non-hydrogen) atoms. The van der Waals surface area contributed by atoms with Crippen LogP contribution in [0.2, 0.25) is 0 Å². The first-order chi connectivity index (χ1) is 10.0. The fourth-order valence-electron chi connectivity index (χ4n) is 2.20. The number of rotatable bonds is 2. The van der Waals surface area contributed by atoms with E-state index in [0.29, 0.717) is 16.8 Å². The lowest BCUT2D eigenvalue weighted by molar-refractivity contribution is 0.584. The van der Waals surface area contributed by atoms with Crippen molar-refractivity contribution >= 4 is 5.82 Å². The fourth-order valence-corrected chi connectivity index (χ4v) is 2.20. The molecule has 0 aliphatic heterocycles. The van der Waals surface area contributed by atoms with Crippen LogP contribution in [0.5, 0.6) is 0 Å². The van der Waals surface area contributed by atoms with Gasteiger partial charge in [0.05, 0.1) is 11.3 Å². The van der Waals surface area contributed by atoms with Crippen molar-refractivity contribution < 1.29 is 13.2 Å². The first-order valence-electron chi connectivity index (χ1n) is 6.11. The van der Waals surface area contributed by atoms with Crippen LogP contribution in [-0.2, 0) is 0 Å². The molecule has 1 heterocycles. The van der Waals surface area contributed by atoms with Gasteiger partial charge in [-0.25, -0.2) is 13.2 Å². The highest BCUT2D eigenvalue weighted by Crippen LogP contribution is 2.35. The minimum absolute atomic E-state index is 0.0826. The molecule has 3 N–H and O–H groups in total. The predicted octanol–water partition coefficient (Wildman–Crippen LogP) is 3.74. The topological polar surface area (TPSA) is 54.7 Å². The molecule has 0 bridgehead atoms. The molecule has 3 rings (SSSR count). The van der Waals surface area contributed by atoms with Gasteiger partial charge in [-0.15, -0.1) is 0 Å². The highest BCUT2D eigenvalue weighted by Gasteiger charge is 2.16. The van der Waals surface area contributed by atoms with Crippen molar-refractivity contribution in [3.05, 3.63) is 59.9 Å². The molecule has 0 fully saturated rings. The smallest absolute Gasteiger partial charge is 0.153 e. The number of aromatic nitrogens is 2. The third-order valence-electron chi connectivity index (χ3n) is 3.06. The van der Waals surface area contributed by atoms with Crippen LogP contribution in [0, 0.1) is 17.5 Å². The van der Waals surface area contributed by atoms with E-state index in [2.05, 4.69) is 10.2 Å². The van der Waals surface area contributed by atoms with E-state index in [0.717, 1.165) is 18.2 Å². The van der Waals surface area contributed by atoms with E-state index in [1.807, 2.05) is 0 Å². The van der Waals surface area contributed by atoms with Crippen molar-refractivity contribution in [3.63, 3.8) is 0 Å². The van der Waals surface area contributed by atoms with Gasteiger partial charge in [0.2, 0.25) is 0 Å². The molecular weight excluding hydrogens is 279 g/mol. The second-order valence-electron chi connectivity index (χ2n) is 4.53. The summed E-state index contributed by atoms with van der Waals surface area (Å²) in [6.07, 6.45) is 0. The van der Waals surface area contributed by atoms with Gasteiger partial charge in [0.15, 0.2) is 5.82 Å². The summed E-state index contributed by atoms with van der Waals surface area (Å²) in [6.45, 7) is 0. The molecule has 0 unspecified atom stereocenters. The number of nitrogen functional groups attached to an aromatic ring is 1. The second-order valence-corrected chi connectivity index (χ2v) is 4.53. The van der Waals surface area contributed by atoms with E-state index in [1.54, 1.807) is 6.07 Å². The minimum atomic E-state index is -0.726. The van der Waals surface area contributed by atoms with Crippen LogP contribution in [0.3, 0.4) is 0 Å². The van der Waals surface area contributed by atoms with Crippen molar-refractivity contribution in [1.29, 1.82) is 0 Å². The largest absolute Gasteiger partial charge is 0.382 e. The lowest BCUT2D eigenvalue weighted by Gasteiger charge is -2.06. The first-order valence-corrected chi connectivity index (χ1v) is 6.11. The normalized spacial score (nSPS) is 10.8. The van der Waals surface area contributed by atoms with Gasteiger partial charge in [0, 0.05) is 11.6 Å². The molecule has 0 aliphatic rings. The summed E-state index contributed by atoms with van der Waals surface area (Å²) in [5.41, 5.74) is 7.22. The van der Waals surface area contributed by atoms with Gasteiger partial charge in [-0.3, -0.25) is 5.10 Å². The number of nitrogens with zero attached hydrogens (tertiary/aromatic N) is 1. The molecule has 0 amide bonds. The molecule has 2 aromatic carbocycles. The molecule has 106 valence electrons. The van der Waals surface area contributed by atoms with Crippen molar-refractivity contribution in [2.45, 2.75) is 0 Å². The molecule has 0 saturated carbocycles. The summed E-state index contributed by atoms with van der Waals surface area (Å²) in [5, 5.41) is 6.51. The maximum atomic E-state index is 13.4. The van der Waals surface area contributed by atoms with Crippen LogP contribution in [0.1, 0.15) is 0 Å². The van der Waals surface area contributed by atoms with Gasteiger partial charge in [-0.05, 0) is 29.8 Å². The van der Waals surface area contributed by atoms with Crippen molar-refractivity contribution in [2.24, 2.45) is 0 Å². The third-order valence-corrected chi connectivity index (χ3v) is 3.06. The van der Waals surface area contributed by atoms with E-state index < -0.39 is 17.5 Å². The molecule has 1 aromatic heterocycles.